The van der Waals surface area contributed by atoms with Gasteiger partial charge in [0.05, 0.1) is 19.6 Å². The Morgan fingerprint density at radius 1 is 1.41 bits per heavy atom. The van der Waals surface area contributed by atoms with Crippen LogP contribution in [0.25, 0.3) is 0 Å². The van der Waals surface area contributed by atoms with Crippen LogP contribution in [0.1, 0.15) is 24.8 Å². The Hall–Kier alpha value is -1.55. The molecular weight excluding hydrogens is 278 g/mol. The second-order valence-electron chi connectivity index (χ2n) is 6.44. The van der Waals surface area contributed by atoms with Crippen LogP contribution in [0, 0.1) is 11.8 Å². The van der Waals surface area contributed by atoms with Crippen molar-refractivity contribution in [1.82, 2.24) is 4.90 Å². The summed E-state index contributed by atoms with van der Waals surface area (Å²) in [5.41, 5.74) is 1.32. The van der Waals surface area contributed by atoms with Gasteiger partial charge in [0, 0.05) is 6.54 Å². The predicted octanol–water partition coefficient (Wildman–Crippen LogP) is 2.51. The molecule has 0 amide bonds. The molecule has 0 radical (unpaired) electrons. The van der Waals surface area contributed by atoms with E-state index in [9.17, 15) is 4.79 Å². The first-order chi connectivity index (χ1) is 10.8. The lowest BCUT2D eigenvalue weighted by molar-refractivity contribution is -0.147. The van der Waals surface area contributed by atoms with E-state index in [0.29, 0.717) is 5.92 Å². The summed E-state index contributed by atoms with van der Waals surface area (Å²) in [4.78, 5) is 14.1. The third-order valence-electron chi connectivity index (χ3n) is 4.85. The van der Waals surface area contributed by atoms with Crippen molar-refractivity contribution in [2.24, 2.45) is 11.8 Å². The molecule has 3 rings (SSSR count). The molecule has 2 heterocycles. The van der Waals surface area contributed by atoms with Crippen molar-refractivity contribution >= 4 is 5.97 Å². The zero-order valence-corrected chi connectivity index (χ0v) is 13.3. The SMILES string of the molecule is COC(=O)C1CCCN(CCC2COc3ccccc3C2)C1. The van der Waals surface area contributed by atoms with Crippen LogP contribution in [0.15, 0.2) is 24.3 Å². The predicted molar refractivity (Wildman–Crippen MR) is 84.9 cm³/mol. The number of nitrogens with zero attached hydrogens (tertiary/aromatic N) is 1. The number of carbonyl (C=O) groups is 1. The van der Waals surface area contributed by atoms with Crippen LogP contribution < -0.4 is 4.74 Å². The van der Waals surface area contributed by atoms with Gasteiger partial charge >= 0.3 is 5.97 Å². The van der Waals surface area contributed by atoms with Gasteiger partial charge in [-0.3, -0.25) is 4.79 Å². The topological polar surface area (TPSA) is 38.8 Å². The Balaban J connectivity index is 1.48. The average molecular weight is 303 g/mol. The lowest BCUT2D eigenvalue weighted by Gasteiger charge is -2.33. The second-order valence-corrected chi connectivity index (χ2v) is 6.44. The fourth-order valence-electron chi connectivity index (χ4n) is 3.56. The van der Waals surface area contributed by atoms with Crippen LogP contribution in [-0.4, -0.2) is 44.2 Å². The number of carbonyl (C=O) groups excluding carboxylic acids is 1. The number of fused-ring (bicyclic) bond motifs is 1. The molecule has 2 aliphatic rings. The van der Waals surface area contributed by atoms with E-state index in [1.165, 1.54) is 12.7 Å². The number of methoxy groups -OCH3 is 1. The number of ether oxygens (including phenoxy) is 2. The lowest BCUT2D eigenvalue weighted by atomic mass is 9.93. The van der Waals surface area contributed by atoms with Crippen molar-refractivity contribution in [3.63, 3.8) is 0 Å². The number of hydrogen-bond donors (Lipinski definition) is 0. The molecule has 120 valence electrons. The van der Waals surface area contributed by atoms with Crippen LogP contribution >= 0.6 is 0 Å². The maximum atomic E-state index is 11.7. The van der Waals surface area contributed by atoms with Gasteiger partial charge in [-0.25, -0.2) is 0 Å². The number of rotatable bonds is 4. The van der Waals surface area contributed by atoms with Gasteiger partial charge in [-0.1, -0.05) is 18.2 Å². The number of para-hydroxylation sites is 1. The van der Waals surface area contributed by atoms with E-state index in [4.69, 9.17) is 9.47 Å². The van der Waals surface area contributed by atoms with Crippen molar-refractivity contribution in [2.45, 2.75) is 25.7 Å². The van der Waals surface area contributed by atoms with Gasteiger partial charge in [-0.05, 0) is 56.3 Å². The summed E-state index contributed by atoms with van der Waals surface area (Å²) in [6, 6.07) is 8.32. The highest BCUT2D eigenvalue weighted by Gasteiger charge is 2.27. The van der Waals surface area contributed by atoms with Gasteiger partial charge in [0.1, 0.15) is 5.75 Å². The minimum Gasteiger partial charge on any atom is -0.493 e. The monoisotopic (exact) mass is 303 g/mol. The molecule has 4 heteroatoms. The highest BCUT2D eigenvalue weighted by molar-refractivity contribution is 5.72. The standard InChI is InChI=1S/C18H25NO3/c1-21-18(20)16-6-4-9-19(12-16)10-8-14-11-15-5-2-3-7-17(15)22-13-14/h2-3,5,7,14,16H,4,6,8-13H2,1H3. The van der Waals surface area contributed by atoms with E-state index in [0.717, 1.165) is 57.7 Å². The van der Waals surface area contributed by atoms with E-state index in [1.54, 1.807) is 0 Å². The molecule has 22 heavy (non-hydrogen) atoms. The minimum atomic E-state index is -0.0559. The lowest BCUT2D eigenvalue weighted by Crippen LogP contribution is -2.40. The normalized spacial score (nSPS) is 25.1. The Bertz CT molecular complexity index is 517. The van der Waals surface area contributed by atoms with Crippen molar-refractivity contribution in [2.75, 3.05) is 33.4 Å². The first-order valence-corrected chi connectivity index (χ1v) is 8.27. The molecule has 2 aliphatic heterocycles. The van der Waals surface area contributed by atoms with E-state index in [1.807, 2.05) is 6.07 Å². The van der Waals surface area contributed by atoms with E-state index >= 15 is 0 Å². The zero-order valence-electron chi connectivity index (χ0n) is 13.3. The maximum Gasteiger partial charge on any atom is 0.309 e. The molecule has 0 bridgehead atoms. The van der Waals surface area contributed by atoms with E-state index in [-0.39, 0.29) is 11.9 Å². The number of likely N-dealkylation sites (tertiary alicyclic amines) is 1. The molecule has 0 aliphatic carbocycles. The third-order valence-corrected chi connectivity index (χ3v) is 4.85. The summed E-state index contributed by atoms with van der Waals surface area (Å²) in [7, 11) is 1.48. The summed E-state index contributed by atoms with van der Waals surface area (Å²) < 4.78 is 10.7. The van der Waals surface area contributed by atoms with Crippen LogP contribution in [0.5, 0.6) is 5.75 Å². The molecular formula is C18H25NO3. The van der Waals surface area contributed by atoms with Crippen molar-refractivity contribution in [1.29, 1.82) is 0 Å². The molecule has 1 aromatic rings. The summed E-state index contributed by atoms with van der Waals surface area (Å²) in [6.07, 6.45) is 4.28. The molecule has 0 N–H and O–H groups in total. The van der Waals surface area contributed by atoms with Gasteiger partial charge in [-0.15, -0.1) is 0 Å². The first-order valence-electron chi connectivity index (χ1n) is 8.27. The van der Waals surface area contributed by atoms with Gasteiger partial charge in [0.2, 0.25) is 0 Å². The molecule has 2 unspecified atom stereocenters. The minimum absolute atomic E-state index is 0.0559. The zero-order chi connectivity index (χ0) is 15.4. The van der Waals surface area contributed by atoms with Gasteiger partial charge in [0.25, 0.3) is 0 Å². The first kappa shape index (κ1) is 15.3. The van der Waals surface area contributed by atoms with Gasteiger partial charge in [0.15, 0.2) is 0 Å². The van der Waals surface area contributed by atoms with E-state index < -0.39 is 0 Å². The second kappa shape index (κ2) is 7.14. The van der Waals surface area contributed by atoms with Crippen LogP contribution in [0.4, 0.5) is 0 Å². The highest BCUT2D eigenvalue weighted by Crippen LogP contribution is 2.28. The van der Waals surface area contributed by atoms with Crippen LogP contribution in [0.2, 0.25) is 0 Å². The number of hydrogen-bond acceptors (Lipinski definition) is 4. The summed E-state index contributed by atoms with van der Waals surface area (Å²) in [6.45, 7) is 3.80. The Morgan fingerprint density at radius 2 is 2.27 bits per heavy atom. The summed E-state index contributed by atoms with van der Waals surface area (Å²) in [5, 5.41) is 0. The largest absolute Gasteiger partial charge is 0.493 e. The molecule has 0 spiro atoms. The molecule has 1 aromatic carbocycles. The number of benzene rings is 1. The summed E-state index contributed by atoms with van der Waals surface area (Å²) >= 11 is 0. The molecule has 1 saturated heterocycles. The quantitative estimate of drug-likeness (QED) is 0.801. The molecule has 2 atom stereocenters. The number of esters is 1. The fraction of sp³-hybridized carbons (Fsp3) is 0.611. The molecule has 0 saturated carbocycles. The maximum absolute atomic E-state index is 11.7. The van der Waals surface area contributed by atoms with Crippen molar-refractivity contribution < 1.29 is 14.3 Å². The smallest absolute Gasteiger partial charge is 0.309 e. The molecule has 1 fully saturated rings. The third kappa shape index (κ3) is 3.61. The molecule has 4 nitrogen and oxygen atoms in total. The highest BCUT2D eigenvalue weighted by atomic mass is 16.5. The van der Waals surface area contributed by atoms with Gasteiger partial charge in [-0.2, -0.15) is 0 Å². The van der Waals surface area contributed by atoms with Crippen molar-refractivity contribution in [3.05, 3.63) is 29.8 Å². The Labute approximate surface area is 132 Å². The molecule has 0 aromatic heterocycles. The summed E-state index contributed by atoms with van der Waals surface area (Å²) in [5.74, 6) is 1.62. The van der Waals surface area contributed by atoms with Crippen LogP contribution in [-0.2, 0) is 16.0 Å². The van der Waals surface area contributed by atoms with Crippen molar-refractivity contribution in [3.8, 4) is 5.75 Å². The van der Waals surface area contributed by atoms with E-state index in [2.05, 4.69) is 23.1 Å². The Morgan fingerprint density at radius 3 is 3.14 bits per heavy atom. The van der Waals surface area contributed by atoms with Crippen LogP contribution in [0.3, 0.4) is 0 Å². The Kier molecular flexibility index (Phi) is 4.98. The fourth-order valence-corrected chi connectivity index (χ4v) is 3.56. The number of piperidine rings is 1. The van der Waals surface area contributed by atoms with Gasteiger partial charge < -0.3 is 14.4 Å². The average Bonchev–Trinajstić information content (AvgIpc) is 2.59.